The molecule has 0 aliphatic heterocycles. The molecule has 0 spiro atoms. The van der Waals surface area contributed by atoms with E-state index in [9.17, 15) is 4.79 Å². The van der Waals surface area contributed by atoms with Crippen molar-refractivity contribution >= 4 is 17.5 Å². The molecule has 128 valence electrons. The molecule has 0 saturated carbocycles. The van der Waals surface area contributed by atoms with Crippen molar-refractivity contribution < 1.29 is 9.21 Å². The Hall–Kier alpha value is -2.59. The van der Waals surface area contributed by atoms with Gasteiger partial charge in [0.05, 0.1) is 5.02 Å². The Bertz CT molecular complexity index is 846. The maximum Gasteiger partial charge on any atom is 0.274 e. The van der Waals surface area contributed by atoms with Gasteiger partial charge in [-0.2, -0.15) is 0 Å². The summed E-state index contributed by atoms with van der Waals surface area (Å²) in [4.78, 5) is 16.6. The fraction of sp³-hybridized carbons (Fsp3) is 0.200. The largest absolute Gasteiger partial charge is 0.443 e. The molecule has 1 heterocycles. The second kappa shape index (κ2) is 7.99. The molecule has 0 aliphatic carbocycles. The van der Waals surface area contributed by atoms with Gasteiger partial charge in [0.25, 0.3) is 5.91 Å². The van der Waals surface area contributed by atoms with Gasteiger partial charge in [-0.05, 0) is 37.5 Å². The van der Waals surface area contributed by atoms with Gasteiger partial charge in [-0.15, -0.1) is 0 Å². The van der Waals surface area contributed by atoms with Gasteiger partial charge in [-0.3, -0.25) is 4.79 Å². The van der Waals surface area contributed by atoms with Gasteiger partial charge in [-0.25, -0.2) is 4.98 Å². The molecule has 1 atom stereocenters. The van der Waals surface area contributed by atoms with Crippen LogP contribution in [0.25, 0.3) is 11.3 Å². The molecule has 3 rings (SSSR count). The van der Waals surface area contributed by atoms with E-state index in [-0.39, 0.29) is 17.6 Å². The zero-order valence-electron chi connectivity index (χ0n) is 13.9. The van der Waals surface area contributed by atoms with E-state index in [2.05, 4.69) is 22.4 Å². The Morgan fingerprint density at radius 3 is 2.64 bits per heavy atom. The number of oxazole rings is 1. The summed E-state index contributed by atoms with van der Waals surface area (Å²) in [5.74, 6) is 0.127. The first-order chi connectivity index (χ1) is 12.1. The van der Waals surface area contributed by atoms with Crippen LogP contribution >= 0.6 is 11.6 Å². The molecule has 5 heteroatoms. The van der Waals surface area contributed by atoms with Crippen LogP contribution < -0.4 is 5.32 Å². The maximum atomic E-state index is 12.6. The van der Waals surface area contributed by atoms with Gasteiger partial charge >= 0.3 is 0 Å². The second-order valence-electron chi connectivity index (χ2n) is 5.91. The minimum absolute atomic E-state index is 0.0171. The number of halogens is 1. The van der Waals surface area contributed by atoms with Crippen molar-refractivity contribution in [3.63, 3.8) is 0 Å². The molecule has 1 amide bonds. The first-order valence-corrected chi connectivity index (χ1v) is 8.56. The molecular formula is C20H19ClN2O2. The van der Waals surface area contributed by atoms with Crippen LogP contribution in [0.1, 0.15) is 29.4 Å². The van der Waals surface area contributed by atoms with E-state index < -0.39 is 0 Å². The predicted octanol–water partition coefficient (Wildman–Crippen LogP) is 4.75. The summed E-state index contributed by atoms with van der Waals surface area (Å²) in [6.07, 6.45) is 3.01. The Labute approximate surface area is 151 Å². The number of carbonyl (C=O) groups is 1. The van der Waals surface area contributed by atoms with Crippen molar-refractivity contribution in [3.05, 3.63) is 77.3 Å². The first-order valence-electron chi connectivity index (χ1n) is 8.18. The first kappa shape index (κ1) is 17.2. The standard InChI is InChI=1S/C20H19ClN2O2/c1-14(11-12-15-7-3-2-4-8-15)23-20(24)18-19(25-13-22-18)16-9-5-6-10-17(16)21/h2-10,13-14H,11-12H2,1H3,(H,23,24)/t14-/m1/s1. The molecule has 0 saturated heterocycles. The normalized spacial score (nSPS) is 11.9. The highest BCUT2D eigenvalue weighted by Gasteiger charge is 2.21. The van der Waals surface area contributed by atoms with E-state index >= 15 is 0 Å². The predicted molar refractivity (Wildman–Crippen MR) is 98.6 cm³/mol. The van der Waals surface area contributed by atoms with E-state index in [1.807, 2.05) is 37.3 Å². The lowest BCUT2D eigenvalue weighted by Crippen LogP contribution is -2.33. The number of amides is 1. The van der Waals surface area contributed by atoms with Crippen LogP contribution in [-0.2, 0) is 6.42 Å². The number of benzene rings is 2. The molecule has 2 aromatic carbocycles. The molecule has 3 aromatic rings. The minimum Gasteiger partial charge on any atom is -0.443 e. The molecule has 1 aromatic heterocycles. The van der Waals surface area contributed by atoms with Crippen molar-refractivity contribution in [1.82, 2.24) is 10.3 Å². The van der Waals surface area contributed by atoms with E-state index in [1.54, 1.807) is 12.1 Å². The van der Waals surface area contributed by atoms with Gasteiger partial charge in [-0.1, -0.05) is 54.1 Å². The SMILES string of the molecule is C[C@H](CCc1ccccc1)NC(=O)c1ncoc1-c1ccccc1Cl. The molecule has 0 bridgehead atoms. The highest BCUT2D eigenvalue weighted by atomic mass is 35.5. The fourth-order valence-electron chi connectivity index (χ4n) is 2.64. The molecule has 0 radical (unpaired) electrons. The fourth-order valence-corrected chi connectivity index (χ4v) is 2.86. The maximum absolute atomic E-state index is 12.6. The molecule has 4 nitrogen and oxygen atoms in total. The molecule has 0 unspecified atom stereocenters. The highest BCUT2D eigenvalue weighted by molar-refractivity contribution is 6.33. The van der Waals surface area contributed by atoms with E-state index in [0.29, 0.717) is 16.3 Å². The van der Waals surface area contributed by atoms with Gasteiger partial charge in [0.1, 0.15) is 0 Å². The molecule has 1 N–H and O–H groups in total. The number of nitrogens with one attached hydrogen (secondary N) is 1. The number of aromatic nitrogens is 1. The number of hydrogen-bond acceptors (Lipinski definition) is 3. The van der Waals surface area contributed by atoms with Crippen molar-refractivity contribution in [3.8, 4) is 11.3 Å². The average Bonchev–Trinajstić information content (AvgIpc) is 3.11. The van der Waals surface area contributed by atoms with Crippen molar-refractivity contribution in [2.75, 3.05) is 0 Å². The lowest BCUT2D eigenvalue weighted by molar-refractivity contribution is 0.0934. The molecule has 0 fully saturated rings. The summed E-state index contributed by atoms with van der Waals surface area (Å²) in [6, 6.07) is 17.4. The van der Waals surface area contributed by atoms with Crippen LogP contribution in [0.4, 0.5) is 0 Å². The zero-order chi connectivity index (χ0) is 17.6. The lowest BCUT2D eigenvalue weighted by atomic mass is 10.1. The van der Waals surface area contributed by atoms with E-state index in [1.165, 1.54) is 12.0 Å². The number of rotatable bonds is 6. The third-order valence-corrected chi connectivity index (χ3v) is 4.32. The highest BCUT2D eigenvalue weighted by Crippen LogP contribution is 2.29. The van der Waals surface area contributed by atoms with Crippen LogP contribution in [0.3, 0.4) is 0 Å². The van der Waals surface area contributed by atoms with Gasteiger partial charge < -0.3 is 9.73 Å². The average molecular weight is 355 g/mol. The minimum atomic E-state index is -0.260. The smallest absolute Gasteiger partial charge is 0.274 e. The van der Waals surface area contributed by atoms with Gasteiger partial charge in [0.15, 0.2) is 17.8 Å². The Balaban J connectivity index is 1.66. The van der Waals surface area contributed by atoms with Crippen molar-refractivity contribution in [2.45, 2.75) is 25.8 Å². The number of hydrogen-bond donors (Lipinski definition) is 1. The molecular weight excluding hydrogens is 336 g/mol. The third-order valence-electron chi connectivity index (χ3n) is 3.99. The Kier molecular flexibility index (Phi) is 5.51. The van der Waals surface area contributed by atoms with Gasteiger partial charge in [0.2, 0.25) is 0 Å². The lowest BCUT2D eigenvalue weighted by Gasteiger charge is -2.13. The summed E-state index contributed by atoms with van der Waals surface area (Å²) in [7, 11) is 0. The number of carbonyl (C=O) groups excluding carboxylic acids is 1. The van der Waals surface area contributed by atoms with Crippen molar-refractivity contribution in [2.24, 2.45) is 0 Å². The Morgan fingerprint density at radius 2 is 1.88 bits per heavy atom. The molecule has 0 aliphatic rings. The third kappa shape index (κ3) is 4.28. The summed E-state index contributed by atoms with van der Waals surface area (Å²) in [6.45, 7) is 1.98. The van der Waals surface area contributed by atoms with Crippen LogP contribution in [0, 0.1) is 0 Å². The number of nitrogens with zero attached hydrogens (tertiary/aromatic N) is 1. The summed E-state index contributed by atoms with van der Waals surface area (Å²) >= 11 is 6.20. The van der Waals surface area contributed by atoms with E-state index in [4.69, 9.17) is 16.0 Å². The van der Waals surface area contributed by atoms with Crippen LogP contribution in [0.15, 0.2) is 65.4 Å². The van der Waals surface area contributed by atoms with Crippen LogP contribution in [0.2, 0.25) is 5.02 Å². The van der Waals surface area contributed by atoms with E-state index in [0.717, 1.165) is 12.8 Å². The summed E-state index contributed by atoms with van der Waals surface area (Å²) < 4.78 is 5.41. The van der Waals surface area contributed by atoms with Gasteiger partial charge in [0, 0.05) is 11.6 Å². The summed E-state index contributed by atoms with van der Waals surface area (Å²) in [5.41, 5.74) is 2.16. The van der Waals surface area contributed by atoms with Crippen LogP contribution in [0.5, 0.6) is 0 Å². The number of aryl methyl sites for hydroxylation is 1. The Morgan fingerprint density at radius 1 is 1.16 bits per heavy atom. The topological polar surface area (TPSA) is 55.1 Å². The van der Waals surface area contributed by atoms with Crippen molar-refractivity contribution in [1.29, 1.82) is 0 Å². The monoisotopic (exact) mass is 354 g/mol. The summed E-state index contributed by atoms with van der Waals surface area (Å²) in [5, 5.41) is 3.50. The molecule has 25 heavy (non-hydrogen) atoms. The zero-order valence-corrected chi connectivity index (χ0v) is 14.7. The quantitative estimate of drug-likeness (QED) is 0.695. The second-order valence-corrected chi connectivity index (χ2v) is 6.32. The van der Waals surface area contributed by atoms with Crippen LogP contribution in [-0.4, -0.2) is 16.9 Å².